The lowest BCUT2D eigenvalue weighted by atomic mass is 10.2. The molecule has 4 nitrogen and oxygen atoms in total. The van der Waals surface area contributed by atoms with Crippen LogP contribution < -0.4 is 5.32 Å². The Hall–Kier alpha value is -1.82. The number of nitrogens with zero attached hydrogens (tertiary/aromatic N) is 1. The molecule has 0 aliphatic heterocycles. The van der Waals surface area contributed by atoms with Crippen molar-refractivity contribution in [3.63, 3.8) is 0 Å². The van der Waals surface area contributed by atoms with E-state index in [0.717, 1.165) is 5.76 Å². The van der Waals surface area contributed by atoms with Crippen molar-refractivity contribution in [2.45, 2.75) is 6.92 Å². The van der Waals surface area contributed by atoms with Crippen LogP contribution in [0.15, 0.2) is 40.1 Å². The summed E-state index contributed by atoms with van der Waals surface area (Å²) in [6.07, 6.45) is 0. The van der Waals surface area contributed by atoms with Crippen molar-refractivity contribution in [3.8, 4) is 11.5 Å². The summed E-state index contributed by atoms with van der Waals surface area (Å²) in [5, 5.41) is 5.83. The van der Waals surface area contributed by atoms with Gasteiger partial charge in [0.05, 0.1) is 0 Å². The summed E-state index contributed by atoms with van der Waals surface area (Å²) < 4.78 is 5.50. The SMILES string of the molecule is Cc1ccc(-c2csc(NC(=O)c3cc(Cl)cc(Cl)c3)n2)o1. The maximum Gasteiger partial charge on any atom is 0.257 e. The zero-order valence-electron chi connectivity index (χ0n) is 11.4. The molecule has 0 aliphatic rings. The third-order valence-corrected chi connectivity index (χ3v) is 4.04. The van der Waals surface area contributed by atoms with Crippen LogP contribution in [0.2, 0.25) is 10.0 Å². The fourth-order valence-corrected chi connectivity index (χ4v) is 3.09. The number of rotatable bonds is 3. The predicted octanol–water partition coefficient (Wildman–Crippen LogP) is 5.27. The van der Waals surface area contributed by atoms with Crippen molar-refractivity contribution in [2.24, 2.45) is 0 Å². The number of halogens is 2. The van der Waals surface area contributed by atoms with Crippen LogP contribution in [0, 0.1) is 6.92 Å². The van der Waals surface area contributed by atoms with Crippen LogP contribution in [0.4, 0.5) is 5.13 Å². The maximum absolute atomic E-state index is 12.2. The van der Waals surface area contributed by atoms with Crippen LogP contribution >= 0.6 is 34.5 Å². The number of aryl methyl sites for hydroxylation is 1. The third kappa shape index (κ3) is 3.32. The van der Waals surface area contributed by atoms with E-state index in [2.05, 4.69) is 10.3 Å². The minimum Gasteiger partial charge on any atom is -0.460 e. The minimum absolute atomic E-state index is 0.319. The van der Waals surface area contributed by atoms with E-state index in [1.807, 2.05) is 24.4 Å². The molecule has 0 atom stereocenters. The van der Waals surface area contributed by atoms with Gasteiger partial charge in [0.1, 0.15) is 11.5 Å². The fourth-order valence-electron chi connectivity index (χ4n) is 1.87. The molecule has 0 radical (unpaired) electrons. The van der Waals surface area contributed by atoms with Gasteiger partial charge in [0.15, 0.2) is 10.9 Å². The van der Waals surface area contributed by atoms with Crippen LogP contribution in [0.1, 0.15) is 16.1 Å². The molecule has 112 valence electrons. The number of carbonyl (C=O) groups is 1. The Morgan fingerprint density at radius 1 is 1.23 bits per heavy atom. The van der Waals surface area contributed by atoms with Crippen molar-refractivity contribution in [1.29, 1.82) is 0 Å². The van der Waals surface area contributed by atoms with Gasteiger partial charge in [-0.15, -0.1) is 11.3 Å². The van der Waals surface area contributed by atoms with Gasteiger partial charge in [-0.25, -0.2) is 4.98 Å². The summed E-state index contributed by atoms with van der Waals surface area (Å²) in [6.45, 7) is 1.86. The quantitative estimate of drug-likeness (QED) is 0.698. The molecule has 2 heterocycles. The van der Waals surface area contributed by atoms with Gasteiger partial charge < -0.3 is 4.42 Å². The Morgan fingerprint density at radius 2 is 1.95 bits per heavy atom. The third-order valence-electron chi connectivity index (χ3n) is 2.84. The van der Waals surface area contributed by atoms with Gasteiger partial charge in [0.25, 0.3) is 5.91 Å². The van der Waals surface area contributed by atoms with Gasteiger partial charge >= 0.3 is 0 Å². The molecule has 0 unspecified atom stereocenters. The topological polar surface area (TPSA) is 55.1 Å². The van der Waals surface area contributed by atoms with Gasteiger partial charge in [-0.2, -0.15) is 0 Å². The van der Waals surface area contributed by atoms with Crippen molar-refractivity contribution < 1.29 is 9.21 Å². The van der Waals surface area contributed by atoms with Crippen molar-refractivity contribution in [2.75, 3.05) is 5.32 Å². The Balaban J connectivity index is 1.78. The number of furan rings is 1. The average Bonchev–Trinajstić information content (AvgIpc) is 3.06. The van der Waals surface area contributed by atoms with Crippen LogP contribution in [0.3, 0.4) is 0 Å². The lowest BCUT2D eigenvalue weighted by Crippen LogP contribution is -2.11. The normalized spacial score (nSPS) is 10.7. The summed E-state index contributed by atoms with van der Waals surface area (Å²) in [5.41, 5.74) is 1.06. The molecule has 0 saturated heterocycles. The molecule has 1 aromatic carbocycles. The highest BCUT2D eigenvalue weighted by Gasteiger charge is 2.12. The van der Waals surface area contributed by atoms with Crippen molar-refractivity contribution in [3.05, 3.63) is 57.1 Å². The first kappa shape index (κ1) is 15.1. The van der Waals surface area contributed by atoms with Crippen LogP contribution in [0.5, 0.6) is 0 Å². The minimum atomic E-state index is -0.319. The lowest BCUT2D eigenvalue weighted by molar-refractivity contribution is 0.102. The molecule has 3 aromatic rings. The molecule has 22 heavy (non-hydrogen) atoms. The van der Waals surface area contributed by atoms with E-state index >= 15 is 0 Å². The van der Waals surface area contributed by atoms with E-state index in [0.29, 0.717) is 32.2 Å². The largest absolute Gasteiger partial charge is 0.460 e. The average molecular weight is 353 g/mol. The Labute approximate surface area is 140 Å². The second kappa shape index (κ2) is 6.12. The first-order valence-electron chi connectivity index (χ1n) is 6.31. The molecule has 2 aromatic heterocycles. The molecule has 0 spiro atoms. The first-order chi connectivity index (χ1) is 10.5. The van der Waals surface area contributed by atoms with Crippen molar-refractivity contribution >= 4 is 45.6 Å². The highest BCUT2D eigenvalue weighted by molar-refractivity contribution is 7.14. The summed E-state index contributed by atoms with van der Waals surface area (Å²) >= 11 is 13.1. The Kier molecular flexibility index (Phi) is 4.20. The maximum atomic E-state index is 12.2. The summed E-state index contributed by atoms with van der Waals surface area (Å²) in [5.74, 6) is 1.16. The Bertz CT molecular complexity index is 821. The summed E-state index contributed by atoms with van der Waals surface area (Å²) in [6, 6.07) is 8.37. The molecule has 0 aliphatic carbocycles. The lowest BCUT2D eigenvalue weighted by Gasteiger charge is -2.03. The number of hydrogen-bond acceptors (Lipinski definition) is 4. The standard InChI is InChI=1S/C15H10Cl2N2O2S/c1-8-2-3-13(21-8)12-7-22-15(18-12)19-14(20)9-4-10(16)6-11(17)5-9/h2-7H,1H3,(H,18,19,20). The first-order valence-corrected chi connectivity index (χ1v) is 7.94. The van der Waals surface area contributed by atoms with E-state index < -0.39 is 0 Å². The smallest absolute Gasteiger partial charge is 0.257 e. The number of benzene rings is 1. The molecular formula is C15H10Cl2N2O2S. The number of aromatic nitrogens is 1. The molecule has 0 bridgehead atoms. The molecule has 3 rings (SSSR count). The monoisotopic (exact) mass is 352 g/mol. The zero-order chi connectivity index (χ0) is 15.7. The van der Waals surface area contributed by atoms with E-state index in [4.69, 9.17) is 27.6 Å². The molecular weight excluding hydrogens is 343 g/mol. The number of amides is 1. The van der Waals surface area contributed by atoms with Crippen molar-refractivity contribution in [1.82, 2.24) is 4.98 Å². The van der Waals surface area contributed by atoms with E-state index in [1.165, 1.54) is 11.3 Å². The zero-order valence-corrected chi connectivity index (χ0v) is 13.7. The van der Waals surface area contributed by atoms with E-state index in [1.54, 1.807) is 18.2 Å². The van der Waals surface area contributed by atoms with Crippen LogP contribution in [0.25, 0.3) is 11.5 Å². The molecule has 1 N–H and O–H groups in total. The Morgan fingerprint density at radius 3 is 2.59 bits per heavy atom. The summed E-state index contributed by atoms with van der Waals surface area (Å²) in [4.78, 5) is 16.5. The number of hydrogen-bond donors (Lipinski definition) is 1. The molecule has 0 fully saturated rings. The second-order valence-electron chi connectivity index (χ2n) is 4.56. The number of anilines is 1. The molecule has 7 heteroatoms. The molecule has 1 amide bonds. The van der Waals surface area contributed by atoms with Gasteiger partial charge in [-0.05, 0) is 37.3 Å². The van der Waals surface area contributed by atoms with E-state index in [9.17, 15) is 4.79 Å². The molecule has 0 saturated carbocycles. The van der Waals surface area contributed by atoms with Crippen LogP contribution in [-0.4, -0.2) is 10.9 Å². The fraction of sp³-hybridized carbons (Fsp3) is 0.0667. The van der Waals surface area contributed by atoms with Gasteiger partial charge in [0, 0.05) is 21.0 Å². The summed E-state index contributed by atoms with van der Waals surface area (Å²) in [7, 11) is 0. The number of thiazole rings is 1. The highest BCUT2D eigenvalue weighted by Crippen LogP contribution is 2.27. The van der Waals surface area contributed by atoms with Gasteiger partial charge in [-0.1, -0.05) is 23.2 Å². The number of carbonyl (C=O) groups excluding carboxylic acids is 1. The predicted molar refractivity (Wildman–Crippen MR) is 89.0 cm³/mol. The van der Waals surface area contributed by atoms with Gasteiger partial charge in [-0.3, -0.25) is 10.1 Å². The van der Waals surface area contributed by atoms with Crippen LogP contribution in [-0.2, 0) is 0 Å². The second-order valence-corrected chi connectivity index (χ2v) is 6.29. The highest BCUT2D eigenvalue weighted by atomic mass is 35.5. The van der Waals surface area contributed by atoms with E-state index in [-0.39, 0.29) is 5.91 Å². The van der Waals surface area contributed by atoms with Gasteiger partial charge in [0.2, 0.25) is 0 Å². The number of nitrogens with one attached hydrogen (secondary N) is 1.